The van der Waals surface area contributed by atoms with Gasteiger partial charge >= 0.3 is 0 Å². The Kier molecular flexibility index (Phi) is 2.87. The van der Waals surface area contributed by atoms with Crippen molar-refractivity contribution >= 4 is 11.6 Å². The molecule has 1 atom stereocenters. The molecule has 1 aliphatic rings. The molecule has 2 aromatic rings. The molecule has 4 heteroatoms. The number of aliphatic hydroxyl groups excluding tert-OH is 1. The van der Waals surface area contributed by atoms with Crippen LogP contribution in [0.15, 0.2) is 34.9 Å². The van der Waals surface area contributed by atoms with Crippen LogP contribution in [0.4, 0.5) is 5.69 Å². The average Bonchev–Trinajstić information content (AvgIpc) is 3.04. The molecule has 1 amide bonds. The van der Waals surface area contributed by atoms with Gasteiger partial charge in [0.2, 0.25) is 5.91 Å². The monoisotopic (exact) mass is 257 g/mol. The van der Waals surface area contributed by atoms with E-state index >= 15 is 0 Å². The number of aliphatic hydroxyl groups is 1. The molecule has 0 fully saturated rings. The summed E-state index contributed by atoms with van der Waals surface area (Å²) in [4.78, 5) is 11.5. The van der Waals surface area contributed by atoms with Crippen molar-refractivity contribution < 1.29 is 14.3 Å². The van der Waals surface area contributed by atoms with E-state index in [2.05, 4.69) is 5.32 Å². The summed E-state index contributed by atoms with van der Waals surface area (Å²) in [7, 11) is 0. The normalized spacial score (nSPS) is 15.2. The number of fused-ring (bicyclic) bond motifs is 1. The van der Waals surface area contributed by atoms with Crippen LogP contribution in [0.3, 0.4) is 0 Å². The molecule has 0 radical (unpaired) electrons. The van der Waals surface area contributed by atoms with Gasteiger partial charge in [0.25, 0.3) is 0 Å². The van der Waals surface area contributed by atoms with Crippen molar-refractivity contribution in [3.05, 3.63) is 53.0 Å². The van der Waals surface area contributed by atoms with Gasteiger partial charge in [-0.3, -0.25) is 4.79 Å². The summed E-state index contributed by atoms with van der Waals surface area (Å²) in [5.41, 5.74) is 3.67. The zero-order valence-corrected chi connectivity index (χ0v) is 10.6. The minimum absolute atomic E-state index is 0.00865. The number of benzene rings is 1. The van der Waals surface area contributed by atoms with Gasteiger partial charge in [0.1, 0.15) is 11.9 Å². The molecule has 3 rings (SSSR count). The fourth-order valence-electron chi connectivity index (χ4n) is 2.50. The predicted molar refractivity (Wildman–Crippen MR) is 70.9 cm³/mol. The Bertz CT molecular complexity index is 617. The van der Waals surface area contributed by atoms with Gasteiger partial charge in [0, 0.05) is 5.69 Å². The molecule has 19 heavy (non-hydrogen) atoms. The van der Waals surface area contributed by atoms with Gasteiger partial charge in [0.15, 0.2) is 0 Å². The van der Waals surface area contributed by atoms with Crippen molar-refractivity contribution in [2.24, 2.45) is 0 Å². The van der Waals surface area contributed by atoms with E-state index in [0.29, 0.717) is 12.2 Å². The number of carbonyl (C=O) groups is 1. The summed E-state index contributed by atoms with van der Waals surface area (Å²) in [5.74, 6) is 0.522. The van der Waals surface area contributed by atoms with Gasteiger partial charge in [-0.05, 0) is 35.2 Å². The second-order valence-corrected chi connectivity index (χ2v) is 4.71. The Morgan fingerprint density at radius 2 is 2.32 bits per heavy atom. The van der Waals surface area contributed by atoms with Gasteiger partial charge in [-0.2, -0.15) is 0 Å². The molecule has 1 aromatic heterocycles. The molecular weight excluding hydrogens is 242 g/mol. The highest BCUT2D eigenvalue weighted by Crippen LogP contribution is 2.33. The zero-order chi connectivity index (χ0) is 13.4. The highest BCUT2D eigenvalue weighted by molar-refractivity contribution is 6.00. The maximum Gasteiger partial charge on any atom is 0.228 e. The molecule has 1 aliphatic heterocycles. The molecule has 0 bridgehead atoms. The first-order chi connectivity index (χ1) is 9.19. The summed E-state index contributed by atoms with van der Waals surface area (Å²) in [6, 6.07) is 7.29. The first-order valence-electron chi connectivity index (χ1n) is 6.36. The van der Waals surface area contributed by atoms with Crippen LogP contribution < -0.4 is 5.32 Å². The van der Waals surface area contributed by atoms with Gasteiger partial charge in [-0.15, -0.1) is 0 Å². The number of anilines is 1. The number of hydrogen-bond donors (Lipinski definition) is 2. The van der Waals surface area contributed by atoms with E-state index < -0.39 is 6.10 Å². The lowest BCUT2D eigenvalue weighted by Crippen LogP contribution is -2.05. The van der Waals surface area contributed by atoms with Crippen molar-refractivity contribution in [1.29, 1.82) is 0 Å². The summed E-state index contributed by atoms with van der Waals surface area (Å²) in [6.07, 6.45) is 1.93. The van der Waals surface area contributed by atoms with Gasteiger partial charge in [-0.25, -0.2) is 0 Å². The molecule has 2 N–H and O–H groups in total. The Morgan fingerprint density at radius 1 is 1.47 bits per heavy atom. The third-order valence-electron chi connectivity index (χ3n) is 3.45. The fourth-order valence-corrected chi connectivity index (χ4v) is 2.50. The van der Waals surface area contributed by atoms with Crippen molar-refractivity contribution in [2.45, 2.75) is 25.9 Å². The van der Waals surface area contributed by atoms with E-state index in [-0.39, 0.29) is 5.91 Å². The second kappa shape index (κ2) is 4.55. The van der Waals surface area contributed by atoms with E-state index in [1.165, 1.54) is 6.26 Å². The summed E-state index contributed by atoms with van der Waals surface area (Å²) < 4.78 is 5.23. The Morgan fingerprint density at radius 3 is 3.00 bits per heavy atom. The zero-order valence-electron chi connectivity index (χ0n) is 10.6. The lowest BCUT2D eigenvalue weighted by molar-refractivity contribution is -0.115. The minimum Gasteiger partial charge on any atom is -0.466 e. The third kappa shape index (κ3) is 2.04. The summed E-state index contributed by atoms with van der Waals surface area (Å²) >= 11 is 0. The van der Waals surface area contributed by atoms with Gasteiger partial charge in [0.05, 0.1) is 12.7 Å². The molecule has 1 unspecified atom stereocenters. The first-order valence-corrected chi connectivity index (χ1v) is 6.36. The highest BCUT2D eigenvalue weighted by Gasteiger charge is 2.23. The van der Waals surface area contributed by atoms with Gasteiger partial charge < -0.3 is 14.8 Å². The topological polar surface area (TPSA) is 62.5 Å². The molecule has 2 heterocycles. The maximum atomic E-state index is 11.5. The Balaban J connectivity index is 2.04. The number of amides is 1. The van der Waals surface area contributed by atoms with E-state index in [4.69, 9.17) is 4.42 Å². The number of furan rings is 1. The quantitative estimate of drug-likeness (QED) is 0.887. The van der Waals surface area contributed by atoms with Crippen LogP contribution in [0, 0.1) is 0 Å². The standard InChI is InChI=1S/C15H15NO3/c1-2-9-6-11(15(18)12-4-3-5-19-12)7-10-8-13(17)16-14(9)10/h3-7,15,18H,2,8H2,1H3,(H,16,17). The lowest BCUT2D eigenvalue weighted by Gasteiger charge is -2.13. The molecule has 4 nitrogen and oxygen atoms in total. The minimum atomic E-state index is -0.790. The van der Waals surface area contributed by atoms with Crippen molar-refractivity contribution in [3.8, 4) is 0 Å². The molecule has 0 aliphatic carbocycles. The second-order valence-electron chi connectivity index (χ2n) is 4.71. The molecule has 0 spiro atoms. The molecule has 98 valence electrons. The molecule has 0 saturated carbocycles. The number of aryl methyl sites for hydroxylation is 1. The van der Waals surface area contributed by atoms with Crippen LogP contribution in [0.25, 0.3) is 0 Å². The summed E-state index contributed by atoms with van der Waals surface area (Å²) in [6.45, 7) is 2.03. The van der Waals surface area contributed by atoms with Crippen LogP contribution >= 0.6 is 0 Å². The van der Waals surface area contributed by atoms with Crippen LogP contribution in [0.2, 0.25) is 0 Å². The summed E-state index contributed by atoms with van der Waals surface area (Å²) in [5, 5.41) is 13.2. The SMILES string of the molecule is CCc1cc(C(O)c2ccco2)cc2c1NC(=O)C2. The molecule has 0 saturated heterocycles. The van der Waals surface area contributed by atoms with Crippen molar-refractivity contribution in [1.82, 2.24) is 0 Å². The van der Waals surface area contributed by atoms with Crippen LogP contribution in [-0.4, -0.2) is 11.0 Å². The number of carbonyl (C=O) groups excluding carboxylic acids is 1. The van der Waals surface area contributed by atoms with Crippen LogP contribution in [0.5, 0.6) is 0 Å². The Hall–Kier alpha value is -2.07. The van der Waals surface area contributed by atoms with E-state index in [1.807, 2.05) is 19.1 Å². The fraction of sp³-hybridized carbons (Fsp3) is 0.267. The number of nitrogens with one attached hydrogen (secondary N) is 1. The Labute approximate surface area is 111 Å². The molecule has 1 aromatic carbocycles. The number of rotatable bonds is 3. The van der Waals surface area contributed by atoms with E-state index in [1.54, 1.807) is 12.1 Å². The largest absolute Gasteiger partial charge is 0.466 e. The number of hydrogen-bond acceptors (Lipinski definition) is 3. The predicted octanol–water partition coefficient (Wildman–Crippen LogP) is 2.42. The van der Waals surface area contributed by atoms with E-state index in [0.717, 1.165) is 28.8 Å². The molecular formula is C15H15NO3. The van der Waals surface area contributed by atoms with E-state index in [9.17, 15) is 9.90 Å². The smallest absolute Gasteiger partial charge is 0.228 e. The van der Waals surface area contributed by atoms with Crippen LogP contribution in [-0.2, 0) is 17.6 Å². The van der Waals surface area contributed by atoms with Crippen molar-refractivity contribution in [2.75, 3.05) is 5.32 Å². The van der Waals surface area contributed by atoms with Crippen molar-refractivity contribution in [3.63, 3.8) is 0 Å². The first kappa shape index (κ1) is 12.0. The maximum absolute atomic E-state index is 11.5. The highest BCUT2D eigenvalue weighted by atomic mass is 16.4. The lowest BCUT2D eigenvalue weighted by atomic mass is 9.97. The third-order valence-corrected chi connectivity index (χ3v) is 3.45. The average molecular weight is 257 g/mol. The van der Waals surface area contributed by atoms with Crippen LogP contribution in [0.1, 0.15) is 35.5 Å². The van der Waals surface area contributed by atoms with Gasteiger partial charge in [-0.1, -0.05) is 19.1 Å².